The van der Waals surface area contributed by atoms with Crippen LogP contribution in [-0.4, -0.2) is 4.98 Å². The molecule has 0 aliphatic carbocycles. The summed E-state index contributed by atoms with van der Waals surface area (Å²) in [5.41, 5.74) is 3.62. The molecule has 0 saturated heterocycles. The van der Waals surface area contributed by atoms with E-state index in [4.69, 9.17) is 34.8 Å². The minimum absolute atomic E-state index is 0.505. The van der Waals surface area contributed by atoms with Crippen molar-refractivity contribution in [1.29, 1.82) is 0 Å². The van der Waals surface area contributed by atoms with Crippen molar-refractivity contribution < 1.29 is 0 Å². The second kappa shape index (κ2) is 6.03. The lowest BCUT2D eigenvalue weighted by Crippen LogP contribution is -2.13. The Morgan fingerprint density at radius 3 is 2.59 bits per heavy atom. The molecule has 17 heavy (non-hydrogen) atoms. The third-order valence-corrected chi connectivity index (χ3v) is 4.06. The van der Waals surface area contributed by atoms with Gasteiger partial charge in [0.15, 0.2) is 0 Å². The number of rotatable bonds is 4. The van der Waals surface area contributed by atoms with E-state index in [2.05, 4.69) is 10.3 Å². The van der Waals surface area contributed by atoms with E-state index in [0.29, 0.717) is 28.2 Å². The fourth-order valence-corrected chi connectivity index (χ4v) is 2.61. The quantitative estimate of drug-likeness (QED) is 0.847. The van der Waals surface area contributed by atoms with Gasteiger partial charge in [-0.15, -0.1) is 11.3 Å². The van der Waals surface area contributed by atoms with Crippen molar-refractivity contribution >= 4 is 46.1 Å². The molecule has 0 saturated carbocycles. The van der Waals surface area contributed by atoms with Gasteiger partial charge in [0.05, 0.1) is 21.2 Å². The zero-order valence-corrected chi connectivity index (χ0v) is 11.8. The lowest BCUT2D eigenvalue weighted by Gasteiger charge is -2.09. The lowest BCUT2D eigenvalue weighted by molar-refractivity contribution is 0.683. The van der Waals surface area contributed by atoms with Gasteiger partial charge in [-0.1, -0.05) is 34.8 Å². The summed E-state index contributed by atoms with van der Waals surface area (Å²) in [6, 6.07) is 3.44. The van der Waals surface area contributed by atoms with E-state index in [1.165, 1.54) is 0 Å². The van der Waals surface area contributed by atoms with Crippen molar-refractivity contribution in [3.8, 4) is 0 Å². The molecule has 0 spiro atoms. The topological polar surface area (TPSA) is 24.9 Å². The Kier molecular flexibility index (Phi) is 4.65. The highest BCUT2D eigenvalue weighted by atomic mass is 35.5. The van der Waals surface area contributed by atoms with Crippen LogP contribution in [0.15, 0.2) is 23.0 Å². The average molecular weight is 308 g/mol. The molecule has 6 heteroatoms. The molecule has 0 unspecified atom stereocenters. The van der Waals surface area contributed by atoms with Crippen molar-refractivity contribution in [3.05, 3.63) is 49.3 Å². The molecule has 0 aliphatic heterocycles. The number of nitrogens with zero attached hydrogens (tertiary/aromatic N) is 1. The van der Waals surface area contributed by atoms with Crippen LogP contribution in [0.2, 0.25) is 15.1 Å². The van der Waals surface area contributed by atoms with Crippen LogP contribution in [0, 0.1) is 0 Å². The van der Waals surface area contributed by atoms with Crippen molar-refractivity contribution in [2.75, 3.05) is 0 Å². The van der Waals surface area contributed by atoms with Crippen LogP contribution in [0.4, 0.5) is 0 Å². The molecule has 0 bridgehead atoms. The van der Waals surface area contributed by atoms with E-state index in [1.807, 2.05) is 5.38 Å². The number of nitrogens with one attached hydrogen (secondary N) is 1. The standard InChI is InChI=1S/C11H9Cl3N2S/c12-9-1-2-10(13)11(14)8(9)4-15-3-7-5-17-6-16-7/h1-2,5-6,15H,3-4H2. The van der Waals surface area contributed by atoms with Crippen LogP contribution in [-0.2, 0) is 13.1 Å². The molecule has 1 N–H and O–H groups in total. The summed E-state index contributed by atoms with van der Waals surface area (Å²) in [5.74, 6) is 0. The van der Waals surface area contributed by atoms with E-state index in [-0.39, 0.29) is 0 Å². The largest absolute Gasteiger partial charge is 0.307 e. The van der Waals surface area contributed by atoms with Crippen LogP contribution < -0.4 is 5.32 Å². The van der Waals surface area contributed by atoms with E-state index >= 15 is 0 Å². The molecule has 1 aromatic heterocycles. The predicted molar refractivity (Wildman–Crippen MR) is 74.1 cm³/mol. The number of benzene rings is 1. The second-order valence-electron chi connectivity index (χ2n) is 3.41. The van der Waals surface area contributed by atoms with Gasteiger partial charge >= 0.3 is 0 Å². The van der Waals surface area contributed by atoms with E-state index in [0.717, 1.165) is 11.3 Å². The van der Waals surface area contributed by atoms with Crippen LogP contribution >= 0.6 is 46.1 Å². The van der Waals surface area contributed by atoms with Gasteiger partial charge < -0.3 is 5.32 Å². The van der Waals surface area contributed by atoms with Gasteiger partial charge in [0.2, 0.25) is 0 Å². The normalized spacial score (nSPS) is 10.8. The van der Waals surface area contributed by atoms with Gasteiger partial charge in [-0.25, -0.2) is 4.98 Å². The number of hydrogen-bond donors (Lipinski definition) is 1. The summed E-state index contributed by atoms with van der Waals surface area (Å²) in [6.07, 6.45) is 0. The number of thiazole rings is 1. The highest BCUT2D eigenvalue weighted by molar-refractivity contribution is 7.07. The fraction of sp³-hybridized carbons (Fsp3) is 0.182. The van der Waals surface area contributed by atoms with Gasteiger partial charge in [-0.3, -0.25) is 0 Å². The second-order valence-corrected chi connectivity index (χ2v) is 5.32. The Morgan fingerprint density at radius 2 is 1.88 bits per heavy atom. The number of halogens is 3. The summed E-state index contributed by atoms with van der Waals surface area (Å²) in [4.78, 5) is 4.17. The van der Waals surface area contributed by atoms with Gasteiger partial charge in [0.1, 0.15) is 0 Å². The first-order valence-corrected chi connectivity index (χ1v) is 6.96. The maximum atomic E-state index is 6.09. The van der Waals surface area contributed by atoms with Crippen LogP contribution in [0.25, 0.3) is 0 Å². The Balaban J connectivity index is 2.01. The van der Waals surface area contributed by atoms with Crippen molar-refractivity contribution in [3.63, 3.8) is 0 Å². The minimum atomic E-state index is 0.505. The summed E-state index contributed by atoms with van der Waals surface area (Å²) < 4.78 is 0. The highest BCUT2D eigenvalue weighted by Crippen LogP contribution is 2.31. The summed E-state index contributed by atoms with van der Waals surface area (Å²) in [6.45, 7) is 1.25. The molecule has 2 rings (SSSR count). The van der Waals surface area contributed by atoms with Gasteiger partial charge in [0.25, 0.3) is 0 Å². The zero-order chi connectivity index (χ0) is 12.3. The Hall–Kier alpha value is -0.320. The summed E-state index contributed by atoms with van der Waals surface area (Å²) in [5, 5.41) is 6.86. The Morgan fingerprint density at radius 1 is 1.12 bits per heavy atom. The maximum Gasteiger partial charge on any atom is 0.0795 e. The fourth-order valence-electron chi connectivity index (χ4n) is 1.37. The molecule has 0 fully saturated rings. The molecule has 90 valence electrons. The molecule has 2 aromatic rings. The first-order chi connectivity index (χ1) is 8.18. The average Bonchev–Trinajstić information content (AvgIpc) is 2.81. The third-order valence-electron chi connectivity index (χ3n) is 2.23. The van der Waals surface area contributed by atoms with E-state index in [9.17, 15) is 0 Å². The molecular formula is C11H9Cl3N2S. The SMILES string of the molecule is Clc1ccc(Cl)c(CNCc2cscn2)c1Cl. The molecule has 2 nitrogen and oxygen atoms in total. The smallest absolute Gasteiger partial charge is 0.0795 e. The van der Waals surface area contributed by atoms with Crippen LogP contribution in [0.1, 0.15) is 11.3 Å². The summed E-state index contributed by atoms with van der Waals surface area (Å²) >= 11 is 19.7. The number of aromatic nitrogens is 1. The van der Waals surface area contributed by atoms with Crippen molar-refractivity contribution in [1.82, 2.24) is 10.3 Å². The van der Waals surface area contributed by atoms with Gasteiger partial charge in [0, 0.05) is 29.1 Å². The van der Waals surface area contributed by atoms with E-state index in [1.54, 1.807) is 29.0 Å². The molecule has 1 aromatic carbocycles. The maximum absolute atomic E-state index is 6.09. The third kappa shape index (κ3) is 3.33. The minimum Gasteiger partial charge on any atom is -0.307 e. The Labute approximate surface area is 119 Å². The molecule has 0 radical (unpaired) electrons. The first-order valence-electron chi connectivity index (χ1n) is 4.88. The lowest BCUT2D eigenvalue weighted by atomic mass is 10.2. The predicted octanol–water partition coefficient (Wildman–Crippen LogP) is 4.39. The molecular weight excluding hydrogens is 299 g/mol. The van der Waals surface area contributed by atoms with E-state index < -0.39 is 0 Å². The van der Waals surface area contributed by atoms with Crippen molar-refractivity contribution in [2.45, 2.75) is 13.1 Å². The van der Waals surface area contributed by atoms with Gasteiger partial charge in [-0.2, -0.15) is 0 Å². The van der Waals surface area contributed by atoms with Crippen molar-refractivity contribution in [2.24, 2.45) is 0 Å². The molecule has 0 atom stereocenters. The first kappa shape index (κ1) is 13.1. The Bertz CT molecular complexity index is 500. The molecule has 1 heterocycles. The molecule has 0 aliphatic rings. The highest BCUT2D eigenvalue weighted by Gasteiger charge is 2.09. The number of hydrogen-bond acceptors (Lipinski definition) is 3. The van der Waals surface area contributed by atoms with Gasteiger partial charge in [-0.05, 0) is 12.1 Å². The molecule has 0 amide bonds. The monoisotopic (exact) mass is 306 g/mol. The van der Waals surface area contributed by atoms with Crippen LogP contribution in [0.5, 0.6) is 0 Å². The summed E-state index contributed by atoms with van der Waals surface area (Å²) in [7, 11) is 0. The zero-order valence-electron chi connectivity index (χ0n) is 8.71. The van der Waals surface area contributed by atoms with Crippen LogP contribution in [0.3, 0.4) is 0 Å².